The molecule has 0 amide bonds. The van der Waals surface area contributed by atoms with Gasteiger partial charge in [-0.2, -0.15) is 0 Å². The van der Waals surface area contributed by atoms with Crippen LogP contribution in [0.4, 0.5) is 0 Å². The fourth-order valence-electron chi connectivity index (χ4n) is 2.38. The van der Waals surface area contributed by atoms with Crippen molar-refractivity contribution in [2.75, 3.05) is 19.8 Å². The molecule has 16 heavy (non-hydrogen) atoms. The summed E-state index contributed by atoms with van der Waals surface area (Å²) in [5, 5.41) is 3.57. The first-order chi connectivity index (χ1) is 7.81. The molecule has 1 aromatic rings. The number of rotatable bonds is 5. The molecule has 0 bridgehead atoms. The first-order valence-corrected chi connectivity index (χ1v) is 6.22. The van der Waals surface area contributed by atoms with Gasteiger partial charge in [-0.05, 0) is 37.8 Å². The summed E-state index contributed by atoms with van der Waals surface area (Å²) >= 11 is 0. The Bertz CT molecular complexity index is 349. The Morgan fingerprint density at radius 2 is 2.31 bits per heavy atom. The minimum atomic E-state index is 0.537. The van der Waals surface area contributed by atoms with E-state index in [0.29, 0.717) is 6.04 Å². The molecule has 1 atom stereocenters. The van der Waals surface area contributed by atoms with Crippen molar-refractivity contribution >= 4 is 0 Å². The van der Waals surface area contributed by atoms with Crippen molar-refractivity contribution in [1.82, 2.24) is 5.32 Å². The van der Waals surface area contributed by atoms with E-state index in [4.69, 9.17) is 4.74 Å². The van der Waals surface area contributed by atoms with Crippen molar-refractivity contribution in [3.05, 3.63) is 34.9 Å². The second-order valence-electron chi connectivity index (χ2n) is 4.44. The first kappa shape index (κ1) is 11.6. The first-order valence-electron chi connectivity index (χ1n) is 6.22. The summed E-state index contributed by atoms with van der Waals surface area (Å²) < 4.78 is 5.34. The number of benzene rings is 1. The number of aryl methyl sites for hydroxylation is 2. The molecule has 1 N–H and O–H groups in total. The molecule has 1 aromatic carbocycles. The fourth-order valence-corrected chi connectivity index (χ4v) is 2.38. The molecular formula is C14H21NO. The van der Waals surface area contributed by atoms with E-state index >= 15 is 0 Å². The monoisotopic (exact) mass is 219 g/mol. The van der Waals surface area contributed by atoms with Crippen molar-refractivity contribution in [3.8, 4) is 0 Å². The van der Waals surface area contributed by atoms with Crippen LogP contribution in [0, 0.1) is 6.92 Å². The standard InChI is InChI=1S/C14H21NO/c1-3-16-9-8-15-14-7-6-12-5-4-11(2)10-13(12)14/h4-5,10,14-15H,3,6-9H2,1-2H3. The second-order valence-corrected chi connectivity index (χ2v) is 4.44. The molecule has 0 radical (unpaired) electrons. The van der Waals surface area contributed by atoms with Crippen LogP contribution in [0.25, 0.3) is 0 Å². The number of hydrogen-bond donors (Lipinski definition) is 1. The predicted octanol–water partition coefficient (Wildman–Crippen LogP) is 2.61. The molecule has 0 aliphatic heterocycles. The van der Waals surface area contributed by atoms with Gasteiger partial charge in [0, 0.05) is 19.2 Å². The van der Waals surface area contributed by atoms with E-state index in [1.807, 2.05) is 6.92 Å². The third kappa shape index (κ3) is 2.63. The molecule has 1 unspecified atom stereocenters. The summed E-state index contributed by atoms with van der Waals surface area (Å²) in [7, 11) is 0. The summed E-state index contributed by atoms with van der Waals surface area (Å²) in [5.74, 6) is 0. The number of fused-ring (bicyclic) bond motifs is 1. The van der Waals surface area contributed by atoms with E-state index in [1.54, 1.807) is 0 Å². The molecule has 2 nitrogen and oxygen atoms in total. The van der Waals surface area contributed by atoms with Crippen molar-refractivity contribution < 1.29 is 4.74 Å². The molecule has 0 heterocycles. The van der Waals surface area contributed by atoms with E-state index in [9.17, 15) is 0 Å². The summed E-state index contributed by atoms with van der Waals surface area (Å²) in [5.41, 5.74) is 4.37. The van der Waals surface area contributed by atoms with Gasteiger partial charge in [0.2, 0.25) is 0 Å². The Balaban J connectivity index is 1.92. The normalized spacial score (nSPS) is 18.8. The van der Waals surface area contributed by atoms with E-state index in [1.165, 1.54) is 29.5 Å². The van der Waals surface area contributed by atoms with Gasteiger partial charge in [0.25, 0.3) is 0 Å². The van der Waals surface area contributed by atoms with Crippen LogP contribution in [-0.2, 0) is 11.2 Å². The smallest absolute Gasteiger partial charge is 0.0590 e. The fraction of sp³-hybridized carbons (Fsp3) is 0.571. The number of ether oxygens (including phenoxy) is 1. The van der Waals surface area contributed by atoms with Crippen molar-refractivity contribution in [1.29, 1.82) is 0 Å². The second kappa shape index (κ2) is 5.46. The van der Waals surface area contributed by atoms with E-state index in [-0.39, 0.29) is 0 Å². The highest BCUT2D eigenvalue weighted by atomic mass is 16.5. The lowest BCUT2D eigenvalue weighted by Crippen LogP contribution is -2.23. The number of nitrogens with one attached hydrogen (secondary N) is 1. The molecule has 1 aliphatic carbocycles. The molecule has 0 aromatic heterocycles. The lowest BCUT2D eigenvalue weighted by Gasteiger charge is -2.14. The molecule has 88 valence electrons. The highest BCUT2D eigenvalue weighted by molar-refractivity contribution is 5.37. The van der Waals surface area contributed by atoms with Crippen LogP contribution in [0.2, 0.25) is 0 Å². The lowest BCUT2D eigenvalue weighted by atomic mass is 10.1. The molecule has 2 rings (SSSR count). The Kier molecular flexibility index (Phi) is 3.97. The molecule has 0 spiro atoms. The highest BCUT2D eigenvalue weighted by Crippen LogP contribution is 2.31. The molecular weight excluding hydrogens is 198 g/mol. The average Bonchev–Trinajstić information content (AvgIpc) is 2.67. The SMILES string of the molecule is CCOCCNC1CCc2ccc(C)cc21. The van der Waals surface area contributed by atoms with Crippen molar-refractivity contribution in [2.45, 2.75) is 32.7 Å². The van der Waals surface area contributed by atoms with Crippen LogP contribution in [0.5, 0.6) is 0 Å². The van der Waals surface area contributed by atoms with Crippen LogP contribution >= 0.6 is 0 Å². The zero-order valence-corrected chi connectivity index (χ0v) is 10.3. The Labute approximate surface area is 98.0 Å². The maximum atomic E-state index is 5.34. The van der Waals surface area contributed by atoms with Crippen molar-refractivity contribution in [2.24, 2.45) is 0 Å². The van der Waals surface area contributed by atoms with Gasteiger partial charge in [-0.1, -0.05) is 23.8 Å². The lowest BCUT2D eigenvalue weighted by molar-refractivity contribution is 0.147. The maximum absolute atomic E-state index is 5.34. The summed E-state index contributed by atoms with van der Waals surface area (Å²) in [6.07, 6.45) is 2.44. The van der Waals surface area contributed by atoms with E-state index in [2.05, 4.69) is 30.4 Å². The Hall–Kier alpha value is -0.860. The van der Waals surface area contributed by atoms with Gasteiger partial charge in [0.1, 0.15) is 0 Å². The van der Waals surface area contributed by atoms with Gasteiger partial charge >= 0.3 is 0 Å². The van der Waals surface area contributed by atoms with Gasteiger partial charge in [0.05, 0.1) is 6.61 Å². The molecule has 2 heteroatoms. The van der Waals surface area contributed by atoms with Crippen LogP contribution in [0.3, 0.4) is 0 Å². The van der Waals surface area contributed by atoms with Gasteiger partial charge in [-0.25, -0.2) is 0 Å². The summed E-state index contributed by atoms with van der Waals surface area (Å²) in [6, 6.07) is 7.34. The Morgan fingerprint density at radius 1 is 1.44 bits per heavy atom. The van der Waals surface area contributed by atoms with E-state index in [0.717, 1.165) is 19.8 Å². The van der Waals surface area contributed by atoms with Crippen LogP contribution in [0.15, 0.2) is 18.2 Å². The van der Waals surface area contributed by atoms with E-state index < -0.39 is 0 Å². The maximum Gasteiger partial charge on any atom is 0.0590 e. The van der Waals surface area contributed by atoms with Gasteiger partial charge in [-0.3, -0.25) is 0 Å². The highest BCUT2D eigenvalue weighted by Gasteiger charge is 2.21. The minimum absolute atomic E-state index is 0.537. The predicted molar refractivity (Wildman–Crippen MR) is 66.7 cm³/mol. The van der Waals surface area contributed by atoms with Gasteiger partial charge in [0.15, 0.2) is 0 Å². The van der Waals surface area contributed by atoms with Crippen molar-refractivity contribution in [3.63, 3.8) is 0 Å². The van der Waals surface area contributed by atoms with Gasteiger partial charge in [-0.15, -0.1) is 0 Å². The van der Waals surface area contributed by atoms with Crippen LogP contribution < -0.4 is 5.32 Å². The third-order valence-corrected chi connectivity index (χ3v) is 3.22. The molecule has 0 fully saturated rings. The molecule has 0 saturated heterocycles. The number of hydrogen-bond acceptors (Lipinski definition) is 2. The molecule has 0 saturated carbocycles. The average molecular weight is 219 g/mol. The van der Waals surface area contributed by atoms with Crippen LogP contribution in [-0.4, -0.2) is 19.8 Å². The minimum Gasteiger partial charge on any atom is -0.380 e. The summed E-state index contributed by atoms with van der Waals surface area (Å²) in [6.45, 7) is 6.77. The summed E-state index contributed by atoms with van der Waals surface area (Å²) in [4.78, 5) is 0. The quantitative estimate of drug-likeness (QED) is 0.769. The third-order valence-electron chi connectivity index (χ3n) is 3.22. The zero-order valence-electron chi connectivity index (χ0n) is 10.3. The Morgan fingerprint density at radius 3 is 3.12 bits per heavy atom. The zero-order chi connectivity index (χ0) is 11.4. The van der Waals surface area contributed by atoms with Gasteiger partial charge < -0.3 is 10.1 Å². The van der Waals surface area contributed by atoms with Crippen LogP contribution in [0.1, 0.15) is 36.1 Å². The topological polar surface area (TPSA) is 21.3 Å². The molecule has 1 aliphatic rings. The largest absolute Gasteiger partial charge is 0.380 e.